The molecule has 7 heteroatoms. The molecule has 0 saturated heterocycles. The fourth-order valence-corrected chi connectivity index (χ4v) is 6.64. The first kappa shape index (κ1) is 33.0. The number of rotatable bonds is 14. The zero-order chi connectivity index (χ0) is 29.1. The van der Waals surface area contributed by atoms with Crippen LogP contribution in [0.4, 0.5) is 0 Å². The molecule has 1 aromatic rings. The third-order valence-electron chi connectivity index (χ3n) is 8.42. The molecule has 6 unspecified atom stereocenters. The first-order chi connectivity index (χ1) is 19.0. The van der Waals surface area contributed by atoms with Crippen molar-refractivity contribution in [2.24, 2.45) is 23.7 Å². The summed E-state index contributed by atoms with van der Waals surface area (Å²) >= 11 is 20.1. The van der Waals surface area contributed by atoms with Crippen LogP contribution in [0.3, 0.4) is 0 Å². The number of carbonyl (C=O) groups is 2. The van der Waals surface area contributed by atoms with Gasteiger partial charge in [0.05, 0.1) is 5.92 Å². The van der Waals surface area contributed by atoms with E-state index in [2.05, 4.69) is 35.8 Å². The molecule has 0 spiro atoms. The maximum absolute atomic E-state index is 13.5. The Hall–Kier alpha value is -1.49. The van der Waals surface area contributed by atoms with Gasteiger partial charge in [-0.1, -0.05) is 61.9 Å². The summed E-state index contributed by atoms with van der Waals surface area (Å²) in [5.74, 6) is -0.516. The molecule has 0 aliphatic heterocycles. The molecule has 40 heavy (non-hydrogen) atoms. The Morgan fingerprint density at radius 2 is 1.68 bits per heavy atom. The normalized spacial score (nSPS) is 24.6. The molecule has 0 bridgehead atoms. The molecule has 2 aliphatic carbocycles. The van der Waals surface area contributed by atoms with Crippen LogP contribution in [0.15, 0.2) is 54.1 Å². The fraction of sp³-hybridized carbons (Fsp3) is 0.636. The van der Waals surface area contributed by atoms with Crippen LogP contribution in [0, 0.1) is 23.7 Å². The average Bonchev–Trinajstić information content (AvgIpc) is 2.94. The second kappa shape index (κ2) is 16.2. The van der Waals surface area contributed by atoms with Crippen molar-refractivity contribution in [3.8, 4) is 0 Å². The van der Waals surface area contributed by atoms with Gasteiger partial charge in [-0.15, -0.1) is 34.8 Å². The lowest BCUT2D eigenvalue weighted by Gasteiger charge is -2.38. The minimum atomic E-state index is -0.456. The van der Waals surface area contributed by atoms with Crippen molar-refractivity contribution >= 4 is 46.6 Å². The zero-order valence-corrected chi connectivity index (χ0v) is 26.6. The molecule has 3 rings (SSSR count). The molecule has 222 valence electrons. The van der Waals surface area contributed by atoms with E-state index in [0.29, 0.717) is 31.8 Å². The molecule has 0 heterocycles. The van der Waals surface area contributed by atoms with Crippen LogP contribution >= 0.6 is 34.8 Å². The minimum Gasteiger partial charge on any atom is -0.352 e. The van der Waals surface area contributed by atoms with E-state index in [0.717, 1.165) is 56.1 Å². The molecule has 1 saturated carbocycles. The summed E-state index contributed by atoms with van der Waals surface area (Å²) in [5, 5.41) is 6.05. The summed E-state index contributed by atoms with van der Waals surface area (Å²) in [5.41, 5.74) is 2.14. The van der Waals surface area contributed by atoms with Crippen molar-refractivity contribution in [1.82, 2.24) is 10.6 Å². The van der Waals surface area contributed by atoms with Gasteiger partial charge in [0.2, 0.25) is 11.8 Å². The number of hydrogen-bond donors (Lipinski definition) is 2. The van der Waals surface area contributed by atoms with Gasteiger partial charge in [-0.25, -0.2) is 0 Å². The van der Waals surface area contributed by atoms with E-state index in [1.807, 2.05) is 44.2 Å². The average molecular weight is 610 g/mol. The van der Waals surface area contributed by atoms with E-state index < -0.39 is 11.8 Å². The highest BCUT2D eigenvalue weighted by molar-refractivity contribution is 6.23. The molecule has 0 aromatic heterocycles. The maximum Gasteiger partial charge on any atom is 0.224 e. The smallest absolute Gasteiger partial charge is 0.224 e. The second-order valence-electron chi connectivity index (χ2n) is 12.3. The second-order valence-corrected chi connectivity index (χ2v) is 14.5. The molecule has 1 aromatic carbocycles. The van der Waals surface area contributed by atoms with Gasteiger partial charge >= 0.3 is 0 Å². The van der Waals surface area contributed by atoms with Gasteiger partial charge in [-0.05, 0) is 88.2 Å². The van der Waals surface area contributed by atoms with Crippen LogP contribution < -0.4 is 10.6 Å². The van der Waals surface area contributed by atoms with Gasteiger partial charge in [0.15, 0.2) is 0 Å². The van der Waals surface area contributed by atoms with Crippen molar-refractivity contribution in [3.05, 3.63) is 59.7 Å². The third kappa shape index (κ3) is 11.1. The van der Waals surface area contributed by atoms with Gasteiger partial charge in [-0.2, -0.15) is 0 Å². The monoisotopic (exact) mass is 608 g/mol. The largest absolute Gasteiger partial charge is 0.352 e. The number of carbonyl (C=O) groups excluding carboxylic acids is 2. The van der Waals surface area contributed by atoms with E-state index >= 15 is 0 Å². The first-order valence-corrected chi connectivity index (χ1v) is 16.2. The van der Waals surface area contributed by atoms with E-state index in [9.17, 15) is 9.59 Å². The summed E-state index contributed by atoms with van der Waals surface area (Å²) in [6, 6.07) is 9.83. The van der Waals surface area contributed by atoms with Gasteiger partial charge in [0.1, 0.15) is 0 Å². The lowest BCUT2D eigenvalue weighted by molar-refractivity contribution is -0.137. The SMILES string of the molecule is CC(CCCC(C)(C)Cl)C(Cl)CCC1CC(C(=O)NCC2=CCCC=C2)C(C(=O)NCc2ccccc2)CC1Cl. The number of hydrogen-bond acceptors (Lipinski definition) is 2. The van der Waals surface area contributed by atoms with Crippen LogP contribution in [0.25, 0.3) is 0 Å². The highest BCUT2D eigenvalue weighted by atomic mass is 35.5. The Morgan fingerprint density at radius 1 is 1.00 bits per heavy atom. The Bertz CT molecular complexity index is 1000. The van der Waals surface area contributed by atoms with E-state index in [-0.39, 0.29) is 33.4 Å². The number of halogens is 3. The van der Waals surface area contributed by atoms with Crippen molar-refractivity contribution in [3.63, 3.8) is 0 Å². The van der Waals surface area contributed by atoms with Crippen molar-refractivity contribution in [2.45, 2.75) is 101 Å². The van der Waals surface area contributed by atoms with Crippen LogP contribution in [0.5, 0.6) is 0 Å². The lowest BCUT2D eigenvalue weighted by atomic mass is 9.71. The molecule has 1 fully saturated rings. The predicted octanol–water partition coefficient (Wildman–Crippen LogP) is 8.16. The third-order valence-corrected chi connectivity index (χ3v) is 9.79. The quantitative estimate of drug-likeness (QED) is 0.209. The Kier molecular flexibility index (Phi) is 13.4. The number of benzene rings is 1. The van der Waals surface area contributed by atoms with Gasteiger partial charge in [0.25, 0.3) is 0 Å². The molecule has 6 atom stereocenters. The highest BCUT2D eigenvalue weighted by Gasteiger charge is 2.43. The molecule has 2 aliphatic rings. The van der Waals surface area contributed by atoms with E-state index in [1.54, 1.807) is 0 Å². The van der Waals surface area contributed by atoms with Gasteiger partial charge < -0.3 is 10.6 Å². The predicted molar refractivity (Wildman–Crippen MR) is 169 cm³/mol. The van der Waals surface area contributed by atoms with E-state index in [4.69, 9.17) is 34.8 Å². The zero-order valence-electron chi connectivity index (χ0n) is 24.3. The van der Waals surface area contributed by atoms with Crippen LogP contribution in [0.1, 0.15) is 84.1 Å². The van der Waals surface area contributed by atoms with Crippen LogP contribution in [0.2, 0.25) is 0 Å². The van der Waals surface area contributed by atoms with Crippen LogP contribution in [-0.4, -0.2) is 34.0 Å². The first-order valence-electron chi connectivity index (χ1n) is 15.0. The lowest BCUT2D eigenvalue weighted by Crippen LogP contribution is -2.48. The maximum atomic E-state index is 13.5. The standard InChI is InChI=1S/C33H47Cl3N2O2/c1-23(11-10-18-33(2,3)36)29(34)17-16-26-19-27(31(39)37-21-24-12-6-4-7-13-24)28(20-30(26)35)32(40)38-22-25-14-8-5-9-15-25/h5-6,8-9,12-15,23,26-30H,4,7,10-11,16-22H2,1-3H3,(H,37,39)(H,38,40). The number of nitrogens with one attached hydrogen (secondary N) is 2. The van der Waals surface area contributed by atoms with Crippen molar-refractivity contribution < 1.29 is 9.59 Å². The van der Waals surface area contributed by atoms with Gasteiger partial charge in [-0.3, -0.25) is 9.59 Å². The summed E-state index contributed by atoms with van der Waals surface area (Å²) in [7, 11) is 0. The molecule has 0 radical (unpaired) electrons. The molecular weight excluding hydrogens is 563 g/mol. The van der Waals surface area contributed by atoms with E-state index in [1.165, 1.54) is 0 Å². The minimum absolute atomic E-state index is 0.0477. The summed E-state index contributed by atoms with van der Waals surface area (Å²) in [6.45, 7) is 7.22. The fourth-order valence-electron chi connectivity index (χ4n) is 5.83. The van der Waals surface area contributed by atoms with Crippen molar-refractivity contribution in [2.75, 3.05) is 6.54 Å². The molecule has 2 N–H and O–H groups in total. The number of alkyl halides is 3. The van der Waals surface area contributed by atoms with Gasteiger partial charge in [0, 0.05) is 34.6 Å². The highest BCUT2D eigenvalue weighted by Crippen LogP contribution is 2.41. The topological polar surface area (TPSA) is 58.2 Å². The summed E-state index contributed by atoms with van der Waals surface area (Å²) in [6.07, 6.45) is 14.2. The number of amides is 2. The Balaban J connectivity index is 1.61. The molecule has 4 nitrogen and oxygen atoms in total. The molecule has 2 amide bonds. The Labute approximate surface area is 256 Å². The van der Waals surface area contributed by atoms with Crippen LogP contribution in [-0.2, 0) is 16.1 Å². The van der Waals surface area contributed by atoms with Crippen molar-refractivity contribution in [1.29, 1.82) is 0 Å². The summed E-state index contributed by atoms with van der Waals surface area (Å²) < 4.78 is 0. The summed E-state index contributed by atoms with van der Waals surface area (Å²) in [4.78, 5) is 26.7. The number of allylic oxidation sites excluding steroid dienone is 2. The Morgan fingerprint density at radius 3 is 2.33 bits per heavy atom. The molecular formula is C33H47Cl3N2O2.